The van der Waals surface area contributed by atoms with Crippen LogP contribution in [0.4, 0.5) is 36.8 Å². The van der Waals surface area contributed by atoms with Gasteiger partial charge in [0.05, 0.1) is 30.9 Å². The maximum Gasteiger partial charge on any atom is 0.433 e. The highest BCUT2D eigenvalue weighted by atomic mass is 19.4. The van der Waals surface area contributed by atoms with Gasteiger partial charge < -0.3 is 25.0 Å². The van der Waals surface area contributed by atoms with Gasteiger partial charge in [0.15, 0.2) is 6.10 Å². The molecule has 0 bridgehead atoms. The fraction of sp³-hybridized carbons (Fsp3) is 0.471. The Morgan fingerprint density at radius 3 is 2.42 bits per heavy atom. The predicted molar refractivity (Wildman–Crippen MR) is 91.6 cm³/mol. The van der Waals surface area contributed by atoms with Crippen LogP contribution in [0.15, 0.2) is 18.2 Å². The lowest BCUT2D eigenvalue weighted by Crippen LogP contribution is -2.42. The maximum absolute atomic E-state index is 13.4. The van der Waals surface area contributed by atoms with Gasteiger partial charge in [0.25, 0.3) is 5.91 Å². The van der Waals surface area contributed by atoms with Gasteiger partial charge in [-0.25, -0.2) is 4.79 Å². The van der Waals surface area contributed by atoms with Gasteiger partial charge in [0.1, 0.15) is 0 Å². The largest absolute Gasteiger partial charge is 0.453 e. The van der Waals surface area contributed by atoms with Crippen molar-refractivity contribution in [2.75, 3.05) is 31.6 Å². The van der Waals surface area contributed by atoms with Crippen LogP contribution in [0.5, 0.6) is 0 Å². The molecule has 0 aliphatic carbocycles. The summed E-state index contributed by atoms with van der Waals surface area (Å²) in [6, 6.07) is 3.40. The van der Waals surface area contributed by atoms with Crippen molar-refractivity contribution in [1.82, 2.24) is 10.6 Å². The molecule has 2 atom stereocenters. The minimum Gasteiger partial charge on any atom is -0.453 e. The zero-order chi connectivity index (χ0) is 23.4. The van der Waals surface area contributed by atoms with Crippen molar-refractivity contribution in [3.8, 4) is 6.07 Å². The number of amides is 2. The molecule has 0 aromatic heterocycles. The molecule has 2 rings (SSSR count). The maximum atomic E-state index is 13.4. The van der Waals surface area contributed by atoms with Crippen LogP contribution in [0.1, 0.15) is 11.1 Å². The number of nitriles is 1. The Morgan fingerprint density at radius 2 is 1.87 bits per heavy atom. The van der Waals surface area contributed by atoms with E-state index < -0.39 is 60.0 Å². The Hall–Kier alpha value is -3.21. The SMILES string of the molecule is COC(=O)NCCNC(=O)C1CN(c2ccc(C#N)c(C(F)(F)F)c2)C(C(F)(F)F)O1. The normalized spacial score (nSPS) is 19.0. The number of hydrogen-bond acceptors (Lipinski definition) is 6. The van der Waals surface area contributed by atoms with Crippen molar-refractivity contribution in [3.63, 3.8) is 0 Å². The van der Waals surface area contributed by atoms with Crippen LogP contribution in [-0.2, 0) is 20.4 Å². The number of rotatable bonds is 5. The van der Waals surface area contributed by atoms with Gasteiger partial charge >= 0.3 is 18.4 Å². The molecule has 1 fully saturated rings. The first-order valence-corrected chi connectivity index (χ1v) is 8.58. The van der Waals surface area contributed by atoms with E-state index in [1.807, 2.05) is 0 Å². The van der Waals surface area contributed by atoms with Gasteiger partial charge in [-0.15, -0.1) is 0 Å². The zero-order valence-electron chi connectivity index (χ0n) is 15.8. The average molecular weight is 454 g/mol. The Balaban J connectivity index is 2.20. The first-order chi connectivity index (χ1) is 14.4. The Bertz CT molecular complexity index is 868. The lowest BCUT2D eigenvalue weighted by molar-refractivity contribution is -0.213. The fourth-order valence-corrected chi connectivity index (χ4v) is 2.77. The Morgan fingerprint density at radius 1 is 1.23 bits per heavy atom. The number of nitrogens with zero attached hydrogens (tertiary/aromatic N) is 2. The third-order valence-corrected chi connectivity index (χ3v) is 4.15. The summed E-state index contributed by atoms with van der Waals surface area (Å²) in [5, 5.41) is 13.3. The van der Waals surface area contributed by atoms with Crippen LogP contribution >= 0.6 is 0 Å². The molecule has 2 unspecified atom stereocenters. The molecule has 1 aliphatic rings. The van der Waals surface area contributed by atoms with E-state index in [9.17, 15) is 35.9 Å². The second-order valence-corrected chi connectivity index (χ2v) is 6.22. The van der Waals surface area contributed by atoms with E-state index >= 15 is 0 Å². The fourth-order valence-electron chi connectivity index (χ4n) is 2.77. The van der Waals surface area contributed by atoms with E-state index in [0.29, 0.717) is 11.0 Å². The summed E-state index contributed by atoms with van der Waals surface area (Å²) >= 11 is 0. The summed E-state index contributed by atoms with van der Waals surface area (Å²) in [6.07, 6.45) is -15.1. The van der Waals surface area contributed by atoms with Crippen LogP contribution in [0.2, 0.25) is 0 Å². The molecule has 2 N–H and O–H groups in total. The minimum atomic E-state index is -5.02. The van der Waals surface area contributed by atoms with Crippen molar-refractivity contribution in [2.45, 2.75) is 24.7 Å². The molecule has 2 amide bonds. The van der Waals surface area contributed by atoms with E-state index in [-0.39, 0.29) is 13.1 Å². The molecular formula is C17H16F6N4O4. The van der Waals surface area contributed by atoms with Crippen LogP contribution in [-0.4, -0.2) is 57.3 Å². The number of carbonyl (C=O) groups excluding carboxylic acids is 2. The zero-order valence-corrected chi connectivity index (χ0v) is 15.8. The van der Waals surface area contributed by atoms with Crippen molar-refractivity contribution in [3.05, 3.63) is 29.3 Å². The first kappa shape index (κ1) is 24.1. The lowest BCUT2D eigenvalue weighted by atomic mass is 10.1. The highest BCUT2D eigenvalue weighted by Crippen LogP contribution is 2.39. The molecule has 1 aromatic rings. The second-order valence-electron chi connectivity index (χ2n) is 6.22. The highest BCUT2D eigenvalue weighted by molar-refractivity contribution is 5.82. The van der Waals surface area contributed by atoms with Crippen LogP contribution < -0.4 is 15.5 Å². The summed E-state index contributed by atoms with van der Waals surface area (Å²) in [4.78, 5) is 23.5. The predicted octanol–water partition coefficient (Wildman–Crippen LogP) is 2.14. The van der Waals surface area contributed by atoms with Gasteiger partial charge in [0, 0.05) is 18.8 Å². The second kappa shape index (κ2) is 9.29. The number of carbonyl (C=O) groups is 2. The Labute approximate surface area is 171 Å². The molecule has 0 spiro atoms. The smallest absolute Gasteiger partial charge is 0.433 e. The first-order valence-electron chi connectivity index (χ1n) is 8.58. The van der Waals surface area contributed by atoms with Crippen molar-refractivity contribution in [1.29, 1.82) is 5.26 Å². The number of hydrogen-bond donors (Lipinski definition) is 2. The molecule has 0 radical (unpaired) electrons. The van der Waals surface area contributed by atoms with E-state index in [1.54, 1.807) is 0 Å². The van der Waals surface area contributed by atoms with E-state index in [0.717, 1.165) is 19.2 Å². The highest BCUT2D eigenvalue weighted by Gasteiger charge is 2.52. The summed E-state index contributed by atoms with van der Waals surface area (Å²) in [6.45, 7) is -0.925. The van der Waals surface area contributed by atoms with Gasteiger partial charge in [0.2, 0.25) is 6.23 Å². The summed E-state index contributed by atoms with van der Waals surface area (Å²) in [5.41, 5.74) is -2.68. The molecule has 14 heteroatoms. The van der Waals surface area contributed by atoms with Gasteiger partial charge in [-0.05, 0) is 18.2 Å². The quantitative estimate of drug-likeness (QED) is 0.522. The average Bonchev–Trinajstić information content (AvgIpc) is 3.15. The number of benzene rings is 1. The minimum absolute atomic E-state index is 0.0812. The topological polar surface area (TPSA) is 104 Å². The molecule has 8 nitrogen and oxygen atoms in total. The molecule has 170 valence electrons. The molecule has 1 aliphatic heterocycles. The van der Waals surface area contributed by atoms with Crippen LogP contribution in [0, 0.1) is 11.3 Å². The number of anilines is 1. The summed E-state index contributed by atoms with van der Waals surface area (Å²) in [7, 11) is 1.11. The lowest BCUT2D eigenvalue weighted by Gasteiger charge is -2.27. The number of nitrogens with one attached hydrogen (secondary N) is 2. The number of alkyl carbamates (subject to hydrolysis) is 1. The van der Waals surface area contributed by atoms with E-state index in [2.05, 4.69) is 15.4 Å². The van der Waals surface area contributed by atoms with E-state index in [4.69, 9.17) is 10.00 Å². The van der Waals surface area contributed by atoms with Crippen molar-refractivity contribution >= 4 is 17.7 Å². The van der Waals surface area contributed by atoms with Gasteiger partial charge in [-0.1, -0.05) is 0 Å². The van der Waals surface area contributed by atoms with Crippen molar-refractivity contribution in [2.24, 2.45) is 0 Å². The third kappa shape index (κ3) is 5.91. The number of methoxy groups -OCH3 is 1. The molecule has 1 heterocycles. The van der Waals surface area contributed by atoms with Crippen molar-refractivity contribution < 1.29 is 45.4 Å². The molecule has 0 saturated carbocycles. The van der Waals surface area contributed by atoms with Crippen LogP contribution in [0.3, 0.4) is 0 Å². The van der Waals surface area contributed by atoms with E-state index in [1.165, 1.54) is 6.07 Å². The summed E-state index contributed by atoms with van der Waals surface area (Å²) < 4.78 is 88.8. The van der Waals surface area contributed by atoms with Gasteiger partial charge in [-0.2, -0.15) is 31.6 Å². The number of ether oxygens (including phenoxy) is 2. The third-order valence-electron chi connectivity index (χ3n) is 4.15. The molecule has 1 saturated heterocycles. The molecular weight excluding hydrogens is 438 g/mol. The Kier molecular flexibility index (Phi) is 7.21. The van der Waals surface area contributed by atoms with Crippen LogP contribution in [0.25, 0.3) is 0 Å². The standard InChI is InChI=1S/C17H16F6N4O4/c1-30-15(29)26-5-4-25-13(28)12-8-27(14(31-12)17(21,22)23)10-3-2-9(7-24)11(6-10)16(18,19)20/h2-3,6,12,14H,4-5,8H2,1H3,(H,25,28)(H,26,29). The number of alkyl halides is 6. The molecule has 31 heavy (non-hydrogen) atoms. The van der Waals surface area contributed by atoms with Gasteiger partial charge in [-0.3, -0.25) is 4.79 Å². The monoisotopic (exact) mass is 454 g/mol. The summed E-state index contributed by atoms with van der Waals surface area (Å²) in [5.74, 6) is -0.951. The molecule has 1 aromatic carbocycles. The number of halogens is 6.